The van der Waals surface area contributed by atoms with Crippen LogP contribution < -0.4 is 0 Å². The van der Waals surface area contributed by atoms with Crippen molar-refractivity contribution >= 4 is 33.8 Å². The lowest BCUT2D eigenvalue weighted by molar-refractivity contribution is 0.0443. The van der Waals surface area contributed by atoms with Crippen molar-refractivity contribution in [3.63, 3.8) is 0 Å². The van der Waals surface area contributed by atoms with Gasteiger partial charge in [0.05, 0.1) is 16.7 Å². The van der Waals surface area contributed by atoms with E-state index in [1.807, 2.05) is 0 Å². The smallest absolute Gasteiger partial charge is 0.348 e. The average Bonchev–Trinajstić information content (AvgIpc) is 2.42. The first-order valence-corrected chi connectivity index (χ1v) is 4.63. The van der Waals surface area contributed by atoms with Gasteiger partial charge < -0.3 is 9.84 Å². The molecular weight excluding hydrogens is 268 g/mol. The van der Waals surface area contributed by atoms with Crippen LogP contribution in [0.1, 0.15) is 31.1 Å². The molecule has 0 atom stereocenters. The van der Waals surface area contributed by atoms with Crippen molar-refractivity contribution in [2.75, 3.05) is 0 Å². The maximum atomic E-state index is 11.2. The fraction of sp³-hybridized carbons (Fsp3) is 0. The molecule has 0 spiro atoms. The number of rotatable bonds is 1. The Morgan fingerprint density at radius 2 is 1.93 bits per heavy atom. The third-order valence-electron chi connectivity index (χ3n) is 1.95. The second-order valence-corrected chi connectivity index (χ2v) is 3.72. The maximum Gasteiger partial charge on any atom is 0.348 e. The van der Waals surface area contributed by atoms with E-state index in [9.17, 15) is 14.4 Å². The van der Waals surface area contributed by atoms with Crippen molar-refractivity contribution in [2.45, 2.75) is 0 Å². The number of hydrogen-bond acceptors (Lipinski definition) is 4. The predicted molar refractivity (Wildman–Crippen MR) is 50.8 cm³/mol. The van der Waals surface area contributed by atoms with Gasteiger partial charge in [0, 0.05) is 4.47 Å². The van der Waals surface area contributed by atoms with Crippen molar-refractivity contribution < 1.29 is 24.2 Å². The molecule has 0 aliphatic carbocycles. The number of carboxylic acid groups (broad SMARTS) is 1. The van der Waals surface area contributed by atoms with Crippen LogP contribution in [0.15, 0.2) is 16.6 Å². The number of cyclic esters (lactones) is 2. The fourth-order valence-electron chi connectivity index (χ4n) is 1.29. The van der Waals surface area contributed by atoms with Crippen LogP contribution in [0, 0.1) is 0 Å². The topological polar surface area (TPSA) is 80.7 Å². The number of carbonyl (C=O) groups is 3. The number of hydrogen-bond donors (Lipinski definition) is 1. The van der Waals surface area contributed by atoms with E-state index in [4.69, 9.17) is 5.11 Å². The molecule has 0 saturated heterocycles. The number of ether oxygens (including phenoxy) is 1. The van der Waals surface area contributed by atoms with Crippen LogP contribution in [0.2, 0.25) is 0 Å². The molecule has 6 heteroatoms. The van der Waals surface area contributed by atoms with E-state index in [0.717, 1.165) is 6.07 Å². The van der Waals surface area contributed by atoms with Crippen molar-refractivity contribution in [3.05, 3.63) is 33.3 Å². The van der Waals surface area contributed by atoms with Gasteiger partial charge in [0.15, 0.2) is 0 Å². The molecule has 0 unspecified atom stereocenters. The van der Waals surface area contributed by atoms with Crippen LogP contribution in [-0.4, -0.2) is 23.0 Å². The normalized spacial score (nSPS) is 13.7. The second kappa shape index (κ2) is 3.16. The van der Waals surface area contributed by atoms with Gasteiger partial charge >= 0.3 is 17.9 Å². The second-order valence-electron chi connectivity index (χ2n) is 2.86. The summed E-state index contributed by atoms with van der Waals surface area (Å²) >= 11 is 3.02. The van der Waals surface area contributed by atoms with E-state index in [2.05, 4.69) is 20.7 Å². The maximum absolute atomic E-state index is 11.2. The summed E-state index contributed by atoms with van der Waals surface area (Å²) in [6.45, 7) is 0. The van der Waals surface area contributed by atoms with Gasteiger partial charge in [-0.25, -0.2) is 14.4 Å². The molecule has 0 radical (unpaired) electrons. The zero-order valence-electron chi connectivity index (χ0n) is 7.11. The zero-order chi connectivity index (χ0) is 11.2. The molecule has 2 rings (SSSR count). The highest BCUT2D eigenvalue weighted by Crippen LogP contribution is 2.29. The van der Waals surface area contributed by atoms with Gasteiger partial charge in [0.25, 0.3) is 0 Å². The largest absolute Gasteiger partial charge is 0.478 e. The molecule has 0 amide bonds. The molecule has 1 N–H and O–H groups in total. The number of aromatic carboxylic acids is 1. The number of carbonyl (C=O) groups excluding carboxylic acids is 2. The van der Waals surface area contributed by atoms with Crippen LogP contribution >= 0.6 is 15.9 Å². The van der Waals surface area contributed by atoms with E-state index >= 15 is 0 Å². The first-order chi connectivity index (χ1) is 7.00. The Morgan fingerprint density at radius 3 is 2.53 bits per heavy atom. The number of fused-ring (bicyclic) bond motifs is 1. The highest BCUT2D eigenvalue weighted by atomic mass is 79.9. The fourth-order valence-corrected chi connectivity index (χ4v) is 1.91. The van der Waals surface area contributed by atoms with E-state index in [0.29, 0.717) is 0 Å². The summed E-state index contributed by atoms with van der Waals surface area (Å²) in [4.78, 5) is 33.0. The van der Waals surface area contributed by atoms with Crippen molar-refractivity contribution in [1.29, 1.82) is 0 Å². The lowest BCUT2D eigenvalue weighted by Crippen LogP contribution is -2.01. The average molecular weight is 271 g/mol. The van der Waals surface area contributed by atoms with Crippen molar-refractivity contribution in [1.82, 2.24) is 0 Å². The standard InChI is InChI=1S/C9H3BrO5/c10-5-2-3(7(11)12)1-4-6(5)9(14)15-8(4)13/h1-2H,(H,11,12). The summed E-state index contributed by atoms with van der Waals surface area (Å²) in [6.07, 6.45) is 0. The zero-order valence-corrected chi connectivity index (χ0v) is 8.70. The summed E-state index contributed by atoms with van der Waals surface area (Å²) in [5, 5.41) is 8.73. The SMILES string of the molecule is O=C(O)c1cc(Br)c2c(c1)C(=O)OC2=O. The van der Waals surface area contributed by atoms with Crippen LogP contribution in [-0.2, 0) is 4.74 Å². The van der Waals surface area contributed by atoms with E-state index in [-0.39, 0.29) is 21.2 Å². The molecular formula is C9H3BrO5. The van der Waals surface area contributed by atoms with Crippen LogP contribution in [0.3, 0.4) is 0 Å². The van der Waals surface area contributed by atoms with E-state index < -0.39 is 17.9 Å². The van der Waals surface area contributed by atoms with Crippen LogP contribution in [0.25, 0.3) is 0 Å². The van der Waals surface area contributed by atoms with Crippen molar-refractivity contribution in [3.8, 4) is 0 Å². The number of halogens is 1. The lowest BCUT2D eigenvalue weighted by atomic mass is 10.1. The molecule has 1 aliphatic heterocycles. The number of carboxylic acids is 1. The van der Waals surface area contributed by atoms with E-state index in [1.54, 1.807) is 0 Å². The van der Waals surface area contributed by atoms with Gasteiger partial charge in [-0.05, 0) is 28.1 Å². The summed E-state index contributed by atoms with van der Waals surface area (Å²) < 4.78 is 4.59. The van der Waals surface area contributed by atoms with E-state index in [1.165, 1.54) is 6.07 Å². The molecule has 0 saturated carbocycles. The predicted octanol–water partition coefficient (Wildman–Crippen LogP) is 1.46. The minimum atomic E-state index is -1.18. The first kappa shape index (κ1) is 9.85. The molecule has 1 heterocycles. The minimum Gasteiger partial charge on any atom is -0.478 e. The molecule has 1 aromatic carbocycles. The third kappa shape index (κ3) is 1.42. The molecule has 0 fully saturated rings. The lowest BCUT2D eigenvalue weighted by Gasteiger charge is -1.99. The molecule has 1 aliphatic rings. The molecule has 1 aromatic rings. The minimum absolute atomic E-state index is 0.0215. The summed E-state index contributed by atoms with van der Waals surface area (Å²) in [6, 6.07) is 2.37. The van der Waals surface area contributed by atoms with Crippen molar-refractivity contribution in [2.24, 2.45) is 0 Å². The molecule has 15 heavy (non-hydrogen) atoms. The number of benzene rings is 1. The van der Waals surface area contributed by atoms with Crippen LogP contribution in [0.4, 0.5) is 0 Å². The van der Waals surface area contributed by atoms with Gasteiger partial charge in [-0.15, -0.1) is 0 Å². The van der Waals surface area contributed by atoms with Gasteiger partial charge in [-0.1, -0.05) is 0 Å². The summed E-state index contributed by atoms with van der Waals surface area (Å²) in [7, 11) is 0. The Hall–Kier alpha value is -1.69. The quantitative estimate of drug-likeness (QED) is 0.617. The molecule has 5 nitrogen and oxygen atoms in total. The summed E-state index contributed by atoms with van der Waals surface area (Å²) in [5.74, 6) is -2.76. The first-order valence-electron chi connectivity index (χ1n) is 3.84. The highest BCUT2D eigenvalue weighted by molar-refractivity contribution is 9.10. The van der Waals surface area contributed by atoms with Gasteiger partial charge in [0.2, 0.25) is 0 Å². The Bertz CT molecular complexity index is 505. The Labute approximate surface area is 91.8 Å². The summed E-state index contributed by atoms with van der Waals surface area (Å²) in [5.41, 5.74) is -0.0240. The molecule has 76 valence electrons. The number of esters is 2. The van der Waals surface area contributed by atoms with Crippen LogP contribution in [0.5, 0.6) is 0 Å². The third-order valence-corrected chi connectivity index (χ3v) is 2.57. The Balaban J connectivity index is 2.71. The van der Waals surface area contributed by atoms with Gasteiger partial charge in [0.1, 0.15) is 0 Å². The van der Waals surface area contributed by atoms with Gasteiger partial charge in [-0.3, -0.25) is 0 Å². The Morgan fingerprint density at radius 1 is 1.27 bits per heavy atom. The highest BCUT2D eigenvalue weighted by Gasteiger charge is 2.33. The monoisotopic (exact) mass is 270 g/mol. The molecule has 0 aromatic heterocycles. The Kier molecular flexibility index (Phi) is 2.08. The van der Waals surface area contributed by atoms with Gasteiger partial charge in [-0.2, -0.15) is 0 Å². The molecule has 0 bridgehead atoms.